The van der Waals surface area contributed by atoms with E-state index in [-0.39, 0.29) is 6.10 Å². The number of nitrogens with one attached hydrogen (secondary N) is 1. The summed E-state index contributed by atoms with van der Waals surface area (Å²) >= 11 is 0. The van der Waals surface area contributed by atoms with Gasteiger partial charge in [-0.15, -0.1) is 0 Å². The van der Waals surface area contributed by atoms with Crippen LogP contribution >= 0.6 is 0 Å². The fourth-order valence-corrected chi connectivity index (χ4v) is 0.895. The normalized spacial score (nSPS) is 13.2. The van der Waals surface area contributed by atoms with Crippen LogP contribution in [-0.2, 0) is 4.74 Å². The maximum absolute atomic E-state index is 10.1. The molecule has 0 spiro atoms. The number of amides is 1. The molecular weight excluding hydrogens is 130 g/mol. The molecule has 0 bridgehead atoms. The molecule has 0 aromatic rings. The van der Waals surface area contributed by atoms with Gasteiger partial charge in [0.1, 0.15) is 6.10 Å². The minimum atomic E-state index is -0.937. The minimum Gasteiger partial charge on any atom is -0.445 e. The van der Waals surface area contributed by atoms with Crippen LogP contribution in [0.3, 0.4) is 0 Å². The Bertz CT molecular complexity index is 112. The summed E-state index contributed by atoms with van der Waals surface area (Å²) < 4.78 is 4.59. The Morgan fingerprint density at radius 2 is 2.00 bits per heavy atom. The first kappa shape index (κ1) is 9.27. The van der Waals surface area contributed by atoms with E-state index in [0.717, 1.165) is 6.42 Å². The van der Waals surface area contributed by atoms with Gasteiger partial charge in [-0.3, -0.25) is 0 Å². The van der Waals surface area contributed by atoms with Crippen molar-refractivity contribution in [3.05, 3.63) is 0 Å². The van der Waals surface area contributed by atoms with E-state index < -0.39 is 6.09 Å². The van der Waals surface area contributed by atoms with E-state index in [4.69, 9.17) is 5.73 Å². The molecule has 0 aliphatic heterocycles. The van der Waals surface area contributed by atoms with Crippen molar-refractivity contribution in [2.75, 3.05) is 0 Å². The lowest BCUT2D eigenvalue weighted by molar-refractivity contribution is 0.102. The molecule has 0 aliphatic rings. The fraction of sp³-hybridized carbons (Fsp3) is 0.857. The summed E-state index contributed by atoms with van der Waals surface area (Å²) in [5.41, 5.74) is 6.49. The maximum atomic E-state index is 10.1. The van der Waals surface area contributed by atoms with E-state index in [2.05, 4.69) is 4.74 Å². The van der Waals surface area contributed by atoms with Crippen LogP contribution in [0.4, 0.5) is 4.79 Å². The quantitative estimate of drug-likeness (QED) is 0.606. The molecule has 0 fully saturated rings. The van der Waals surface area contributed by atoms with Crippen LogP contribution in [0.2, 0.25) is 0 Å². The Morgan fingerprint density at radius 1 is 1.50 bits per heavy atom. The van der Waals surface area contributed by atoms with E-state index in [1.807, 2.05) is 13.8 Å². The van der Waals surface area contributed by atoms with Crippen LogP contribution in [0.5, 0.6) is 0 Å². The summed E-state index contributed by atoms with van der Waals surface area (Å²) in [5, 5.41) is 0. The summed E-state index contributed by atoms with van der Waals surface area (Å²) in [6.45, 7) is 5.90. The number of ether oxygens (including phenoxy) is 1. The van der Waals surface area contributed by atoms with Gasteiger partial charge in [0.15, 0.2) is 0 Å². The second-order valence-corrected chi connectivity index (χ2v) is 2.85. The average molecular weight is 144 g/mol. The van der Waals surface area contributed by atoms with Crippen molar-refractivity contribution in [3.63, 3.8) is 0 Å². The van der Waals surface area contributed by atoms with Gasteiger partial charge >= 0.3 is 6.09 Å². The number of carbonyl (C=O) groups is 1. The first-order valence-corrected chi connectivity index (χ1v) is 3.44. The van der Waals surface area contributed by atoms with Gasteiger partial charge in [-0.1, -0.05) is 13.8 Å². The van der Waals surface area contributed by atoms with Crippen molar-refractivity contribution in [3.8, 4) is 0 Å². The summed E-state index contributed by atoms with van der Waals surface area (Å²) in [4.78, 5) is 10.1. The summed E-state index contributed by atoms with van der Waals surface area (Å²) in [5.74, 6) is 0.509. The molecule has 3 nitrogen and oxygen atoms in total. The van der Waals surface area contributed by atoms with Crippen LogP contribution in [0.15, 0.2) is 0 Å². The van der Waals surface area contributed by atoms with Gasteiger partial charge in [0.2, 0.25) is 0 Å². The lowest BCUT2D eigenvalue weighted by Gasteiger charge is -2.12. The van der Waals surface area contributed by atoms with Gasteiger partial charge in [0, 0.05) is 0 Å². The third-order valence-corrected chi connectivity index (χ3v) is 1.11. The van der Waals surface area contributed by atoms with Gasteiger partial charge in [-0.05, 0) is 19.3 Å². The molecule has 1 unspecified atom stereocenters. The molecule has 0 rings (SSSR count). The smallest absolute Gasteiger partial charge is 0.426 e. The number of hydrogen-bond donors (Lipinski definition) is 0. The van der Waals surface area contributed by atoms with Gasteiger partial charge in [0.25, 0.3) is 0 Å². The zero-order valence-corrected chi connectivity index (χ0v) is 6.68. The average Bonchev–Trinajstić information content (AvgIpc) is 1.58. The molecule has 0 saturated carbocycles. The molecule has 0 aromatic carbocycles. The largest absolute Gasteiger partial charge is 0.445 e. The standard InChI is InChI=1S/C7H14NO2/c1-5(2)4-6(3)10-7(8)9/h5-6,8H,4H2,1-3H3. The first-order valence-electron chi connectivity index (χ1n) is 3.44. The van der Waals surface area contributed by atoms with Gasteiger partial charge in [-0.25, -0.2) is 10.5 Å². The highest BCUT2D eigenvalue weighted by atomic mass is 16.6. The van der Waals surface area contributed by atoms with Crippen LogP contribution in [0, 0.1) is 5.92 Å². The molecule has 0 aromatic heterocycles. The molecule has 1 N–H and O–H groups in total. The first-order chi connectivity index (χ1) is 4.52. The maximum Gasteiger partial charge on any atom is 0.426 e. The number of carbonyl (C=O) groups excluding carboxylic acids is 1. The van der Waals surface area contributed by atoms with E-state index >= 15 is 0 Å². The van der Waals surface area contributed by atoms with Gasteiger partial charge in [0.05, 0.1) is 0 Å². The third kappa shape index (κ3) is 5.41. The predicted octanol–water partition coefficient (Wildman–Crippen LogP) is 1.84. The molecule has 1 amide bonds. The van der Waals surface area contributed by atoms with Crippen LogP contribution in [0.25, 0.3) is 0 Å². The SMILES string of the molecule is CC(C)CC(C)OC([NH])=O. The molecular formula is C7H14NO2. The zero-order valence-electron chi connectivity index (χ0n) is 6.68. The zero-order chi connectivity index (χ0) is 8.15. The van der Waals surface area contributed by atoms with Gasteiger partial charge < -0.3 is 4.74 Å². The number of hydrogen-bond acceptors (Lipinski definition) is 2. The van der Waals surface area contributed by atoms with E-state index in [1.54, 1.807) is 6.92 Å². The lowest BCUT2D eigenvalue weighted by atomic mass is 10.1. The van der Waals surface area contributed by atoms with Crippen LogP contribution in [-0.4, -0.2) is 12.2 Å². The summed E-state index contributed by atoms with van der Waals surface area (Å²) in [6.07, 6.45) is -0.233. The molecule has 0 heterocycles. The molecule has 10 heavy (non-hydrogen) atoms. The molecule has 59 valence electrons. The Hall–Kier alpha value is -0.730. The van der Waals surface area contributed by atoms with E-state index in [0.29, 0.717) is 5.92 Å². The Kier molecular flexibility index (Phi) is 3.84. The fourth-order valence-electron chi connectivity index (χ4n) is 0.895. The van der Waals surface area contributed by atoms with Crippen molar-refractivity contribution >= 4 is 6.09 Å². The Labute approximate surface area is 61.5 Å². The van der Waals surface area contributed by atoms with Crippen molar-refractivity contribution in [2.24, 2.45) is 5.92 Å². The van der Waals surface area contributed by atoms with Crippen molar-refractivity contribution in [2.45, 2.75) is 33.3 Å². The van der Waals surface area contributed by atoms with Crippen molar-refractivity contribution in [1.29, 1.82) is 0 Å². The number of rotatable bonds is 3. The minimum absolute atomic E-state index is 0.120. The highest BCUT2D eigenvalue weighted by Gasteiger charge is 2.07. The van der Waals surface area contributed by atoms with Crippen molar-refractivity contribution < 1.29 is 9.53 Å². The summed E-state index contributed by atoms with van der Waals surface area (Å²) in [6, 6.07) is 0. The molecule has 0 aliphatic carbocycles. The van der Waals surface area contributed by atoms with Crippen molar-refractivity contribution in [1.82, 2.24) is 5.73 Å². The van der Waals surface area contributed by atoms with E-state index in [9.17, 15) is 4.79 Å². The van der Waals surface area contributed by atoms with Crippen LogP contribution < -0.4 is 5.73 Å². The lowest BCUT2D eigenvalue weighted by Crippen LogP contribution is -2.15. The van der Waals surface area contributed by atoms with E-state index in [1.165, 1.54) is 0 Å². The highest BCUT2D eigenvalue weighted by Crippen LogP contribution is 2.06. The molecule has 1 radical (unpaired) electrons. The highest BCUT2D eigenvalue weighted by molar-refractivity contribution is 5.63. The third-order valence-electron chi connectivity index (χ3n) is 1.11. The topological polar surface area (TPSA) is 50.1 Å². The second-order valence-electron chi connectivity index (χ2n) is 2.85. The summed E-state index contributed by atoms with van der Waals surface area (Å²) in [7, 11) is 0. The second kappa shape index (κ2) is 4.14. The Morgan fingerprint density at radius 3 is 2.30 bits per heavy atom. The van der Waals surface area contributed by atoms with Crippen LogP contribution in [0.1, 0.15) is 27.2 Å². The molecule has 3 heteroatoms. The van der Waals surface area contributed by atoms with Gasteiger partial charge in [-0.2, -0.15) is 0 Å². The monoisotopic (exact) mass is 144 g/mol. The molecule has 0 saturated heterocycles. The Balaban J connectivity index is 3.43. The predicted molar refractivity (Wildman–Crippen MR) is 38.5 cm³/mol. The molecule has 1 atom stereocenters.